The van der Waals surface area contributed by atoms with Crippen LogP contribution in [0.1, 0.15) is 42.6 Å². The van der Waals surface area contributed by atoms with E-state index in [-0.39, 0.29) is 12.5 Å². The van der Waals surface area contributed by atoms with E-state index in [1.165, 1.54) is 11.3 Å². The minimum Gasteiger partial charge on any atom is -0.376 e. The normalized spacial score (nSPS) is 17.7. The molecule has 4 heterocycles. The molecule has 0 aromatic carbocycles. The van der Waals surface area contributed by atoms with Crippen molar-refractivity contribution in [3.8, 4) is 5.82 Å². The molecule has 2 aliphatic rings. The maximum Gasteiger partial charge on any atom is 0.248 e. The number of piperidine rings is 1. The number of fused-ring (bicyclic) bond motifs is 1. The summed E-state index contributed by atoms with van der Waals surface area (Å²) in [6, 6.07) is 5.89. The number of rotatable bonds is 5. The highest BCUT2D eigenvalue weighted by atomic mass is 16.5. The van der Waals surface area contributed by atoms with Crippen LogP contribution in [-0.4, -0.2) is 58.5 Å². The zero-order valence-electron chi connectivity index (χ0n) is 15.8. The molecule has 4 rings (SSSR count). The van der Waals surface area contributed by atoms with Gasteiger partial charge in [-0.1, -0.05) is 6.07 Å². The second-order valence-electron chi connectivity index (χ2n) is 7.01. The highest BCUT2D eigenvalue weighted by Gasteiger charge is 2.31. The summed E-state index contributed by atoms with van der Waals surface area (Å²) in [6.45, 7) is 5.48. The van der Waals surface area contributed by atoms with Crippen LogP contribution in [0.2, 0.25) is 0 Å². The van der Waals surface area contributed by atoms with E-state index in [9.17, 15) is 4.79 Å². The van der Waals surface area contributed by atoms with E-state index in [1.54, 1.807) is 6.20 Å². The number of carbonyl (C=O) groups is 1. The molecule has 0 N–H and O–H groups in total. The van der Waals surface area contributed by atoms with Gasteiger partial charge in [0.25, 0.3) is 0 Å². The highest BCUT2D eigenvalue weighted by Crippen LogP contribution is 2.35. The largest absolute Gasteiger partial charge is 0.376 e. The molecule has 2 aliphatic heterocycles. The van der Waals surface area contributed by atoms with Crippen molar-refractivity contribution in [2.24, 2.45) is 0 Å². The van der Waals surface area contributed by atoms with Crippen molar-refractivity contribution in [1.29, 1.82) is 0 Å². The van der Waals surface area contributed by atoms with Gasteiger partial charge in [-0.15, -0.1) is 0 Å². The van der Waals surface area contributed by atoms with Crippen molar-refractivity contribution in [3.05, 3.63) is 41.3 Å². The molecule has 0 spiro atoms. The minimum absolute atomic E-state index is 0.0823. The van der Waals surface area contributed by atoms with Gasteiger partial charge in [0.1, 0.15) is 6.61 Å². The van der Waals surface area contributed by atoms with Crippen LogP contribution in [0.5, 0.6) is 0 Å². The molecule has 144 valence electrons. The molecule has 2 aromatic heterocycles. The van der Waals surface area contributed by atoms with Crippen LogP contribution in [0.4, 0.5) is 0 Å². The smallest absolute Gasteiger partial charge is 0.248 e. The number of carbonyl (C=O) groups excluding carboxylic acids is 1. The number of pyridine rings is 1. The average Bonchev–Trinajstić information content (AvgIpc) is 3.12. The van der Waals surface area contributed by atoms with Crippen LogP contribution in [0.3, 0.4) is 0 Å². The van der Waals surface area contributed by atoms with Gasteiger partial charge in [0.05, 0.1) is 24.6 Å². The molecule has 7 nitrogen and oxygen atoms in total. The monoisotopic (exact) mass is 370 g/mol. The molecular weight excluding hydrogens is 344 g/mol. The molecular formula is C20H26N4O3. The average molecular weight is 370 g/mol. The first kappa shape index (κ1) is 18.1. The van der Waals surface area contributed by atoms with Crippen molar-refractivity contribution in [2.45, 2.75) is 38.7 Å². The lowest BCUT2D eigenvalue weighted by atomic mass is 9.89. The Balaban J connectivity index is 1.57. The zero-order valence-corrected chi connectivity index (χ0v) is 15.8. The van der Waals surface area contributed by atoms with E-state index in [1.807, 2.05) is 34.7 Å². The van der Waals surface area contributed by atoms with Crippen molar-refractivity contribution < 1.29 is 14.3 Å². The fourth-order valence-corrected chi connectivity index (χ4v) is 3.97. The van der Waals surface area contributed by atoms with Crippen molar-refractivity contribution in [1.82, 2.24) is 19.7 Å². The highest BCUT2D eigenvalue weighted by molar-refractivity contribution is 5.77. The Morgan fingerprint density at radius 1 is 1.33 bits per heavy atom. The summed E-state index contributed by atoms with van der Waals surface area (Å²) in [5.74, 6) is 1.27. The Labute approximate surface area is 159 Å². The predicted octanol–water partition coefficient (Wildman–Crippen LogP) is 2.08. The standard InChI is InChI=1S/C20H26N4O3/c1-2-26-14-19(25)23-10-6-15(7-11-23)20-16-13-27-12-8-17(16)22-24(20)18-5-3-4-9-21-18/h3-5,9,15H,2,6-8,10-14H2,1H3. The molecule has 1 amide bonds. The van der Waals surface area contributed by atoms with Crippen LogP contribution in [0, 0.1) is 0 Å². The lowest BCUT2D eigenvalue weighted by Crippen LogP contribution is -2.40. The van der Waals surface area contributed by atoms with Gasteiger partial charge < -0.3 is 14.4 Å². The Hall–Kier alpha value is -2.25. The summed E-state index contributed by atoms with van der Waals surface area (Å²) < 4.78 is 13.0. The first-order valence-electron chi connectivity index (χ1n) is 9.73. The van der Waals surface area contributed by atoms with E-state index in [0.29, 0.717) is 19.1 Å². The summed E-state index contributed by atoms with van der Waals surface area (Å²) in [7, 11) is 0. The summed E-state index contributed by atoms with van der Waals surface area (Å²) >= 11 is 0. The Morgan fingerprint density at radius 3 is 2.93 bits per heavy atom. The topological polar surface area (TPSA) is 69.5 Å². The van der Waals surface area contributed by atoms with Gasteiger partial charge in [0.15, 0.2) is 5.82 Å². The molecule has 2 aromatic rings. The van der Waals surface area contributed by atoms with Crippen LogP contribution in [0.25, 0.3) is 5.82 Å². The van der Waals surface area contributed by atoms with Crippen molar-refractivity contribution in [3.63, 3.8) is 0 Å². The van der Waals surface area contributed by atoms with Gasteiger partial charge in [0.2, 0.25) is 5.91 Å². The lowest BCUT2D eigenvalue weighted by Gasteiger charge is -2.32. The molecule has 0 radical (unpaired) electrons. The Bertz CT molecular complexity index is 782. The van der Waals surface area contributed by atoms with Crippen molar-refractivity contribution in [2.75, 3.05) is 32.9 Å². The number of likely N-dealkylation sites (tertiary alicyclic amines) is 1. The lowest BCUT2D eigenvalue weighted by molar-refractivity contribution is -0.137. The Morgan fingerprint density at radius 2 is 2.19 bits per heavy atom. The summed E-state index contributed by atoms with van der Waals surface area (Å²) in [5, 5.41) is 4.86. The van der Waals surface area contributed by atoms with Gasteiger partial charge in [0, 0.05) is 43.8 Å². The fraction of sp³-hybridized carbons (Fsp3) is 0.550. The fourth-order valence-electron chi connectivity index (χ4n) is 3.97. The minimum atomic E-state index is 0.0823. The van der Waals surface area contributed by atoms with Gasteiger partial charge in [-0.05, 0) is 31.9 Å². The second-order valence-corrected chi connectivity index (χ2v) is 7.01. The van der Waals surface area contributed by atoms with Gasteiger partial charge in [-0.3, -0.25) is 4.79 Å². The molecule has 0 aliphatic carbocycles. The summed E-state index contributed by atoms with van der Waals surface area (Å²) in [5.41, 5.74) is 3.54. The van der Waals surface area contributed by atoms with Crippen LogP contribution >= 0.6 is 0 Å². The third-order valence-electron chi connectivity index (χ3n) is 5.37. The molecule has 27 heavy (non-hydrogen) atoms. The molecule has 1 fully saturated rings. The number of amides is 1. The molecule has 0 saturated carbocycles. The maximum absolute atomic E-state index is 12.2. The first-order valence-corrected chi connectivity index (χ1v) is 9.73. The van der Waals surface area contributed by atoms with Crippen molar-refractivity contribution >= 4 is 5.91 Å². The van der Waals surface area contributed by atoms with Crippen LogP contribution in [-0.2, 0) is 27.3 Å². The predicted molar refractivity (Wildman–Crippen MR) is 99.8 cm³/mol. The number of hydrogen-bond donors (Lipinski definition) is 0. The number of aromatic nitrogens is 3. The van der Waals surface area contributed by atoms with E-state index in [0.717, 1.165) is 50.5 Å². The van der Waals surface area contributed by atoms with Gasteiger partial charge in [-0.25, -0.2) is 9.67 Å². The second kappa shape index (κ2) is 8.19. The van der Waals surface area contributed by atoms with Gasteiger partial charge >= 0.3 is 0 Å². The quantitative estimate of drug-likeness (QED) is 0.806. The van der Waals surface area contributed by atoms with Crippen LogP contribution in [0.15, 0.2) is 24.4 Å². The molecule has 0 unspecified atom stereocenters. The molecule has 0 atom stereocenters. The van der Waals surface area contributed by atoms with Gasteiger partial charge in [-0.2, -0.15) is 5.10 Å². The number of ether oxygens (including phenoxy) is 2. The first-order chi connectivity index (χ1) is 13.3. The molecule has 7 heteroatoms. The zero-order chi connectivity index (χ0) is 18.6. The number of hydrogen-bond acceptors (Lipinski definition) is 5. The number of nitrogens with zero attached hydrogens (tertiary/aromatic N) is 4. The summed E-state index contributed by atoms with van der Waals surface area (Å²) in [6.07, 6.45) is 4.48. The van der Waals surface area contributed by atoms with E-state index in [2.05, 4.69) is 4.98 Å². The third kappa shape index (κ3) is 3.75. The Kier molecular flexibility index (Phi) is 5.50. The van der Waals surface area contributed by atoms with E-state index >= 15 is 0 Å². The SMILES string of the molecule is CCOCC(=O)N1CCC(c2c3c(nn2-c2ccccn2)CCOC3)CC1. The molecule has 1 saturated heterocycles. The summed E-state index contributed by atoms with van der Waals surface area (Å²) in [4.78, 5) is 18.6. The van der Waals surface area contributed by atoms with E-state index < -0.39 is 0 Å². The van der Waals surface area contributed by atoms with Crippen LogP contribution < -0.4 is 0 Å². The molecule has 0 bridgehead atoms. The maximum atomic E-state index is 12.2. The van der Waals surface area contributed by atoms with E-state index in [4.69, 9.17) is 14.6 Å². The third-order valence-corrected chi connectivity index (χ3v) is 5.37.